The second kappa shape index (κ2) is 4.61. The molecule has 0 unspecified atom stereocenters. The van der Waals surface area contributed by atoms with E-state index in [9.17, 15) is 4.79 Å². The summed E-state index contributed by atoms with van der Waals surface area (Å²) < 4.78 is 1.98. The van der Waals surface area contributed by atoms with Crippen LogP contribution in [0.1, 0.15) is 12.5 Å². The topological polar surface area (TPSA) is 46.9 Å². The number of nitrogens with zero attached hydrogens (tertiary/aromatic N) is 2. The molecule has 16 heavy (non-hydrogen) atoms. The molecule has 1 aromatic carbocycles. The average molecular weight is 215 g/mol. The van der Waals surface area contributed by atoms with Crippen molar-refractivity contribution in [2.24, 2.45) is 0 Å². The van der Waals surface area contributed by atoms with Crippen molar-refractivity contribution in [3.8, 4) is 0 Å². The van der Waals surface area contributed by atoms with Crippen LogP contribution in [-0.4, -0.2) is 15.5 Å². The Hall–Kier alpha value is -2.10. The van der Waals surface area contributed by atoms with E-state index in [-0.39, 0.29) is 5.91 Å². The van der Waals surface area contributed by atoms with Crippen molar-refractivity contribution in [3.63, 3.8) is 0 Å². The van der Waals surface area contributed by atoms with Gasteiger partial charge in [-0.15, -0.1) is 0 Å². The molecule has 0 atom stereocenters. The third kappa shape index (κ3) is 2.70. The lowest BCUT2D eigenvalue weighted by Gasteiger charge is -2.06. The van der Waals surface area contributed by atoms with Crippen molar-refractivity contribution in [2.45, 2.75) is 13.5 Å². The normalized spacial score (nSPS) is 10.1. The molecule has 82 valence electrons. The van der Waals surface area contributed by atoms with Gasteiger partial charge in [0, 0.05) is 31.5 Å². The fraction of sp³-hybridized carbons (Fsp3) is 0.167. The summed E-state index contributed by atoms with van der Waals surface area (Å²) in [6, 6.07) is 7.78. The summed E-state index contributed by atoms with van der Waals surface area (Å²) in [7, 11) is 0. The Bertz CT molecular complexity index is 477. The molecular formula is C12H13N3O. The van der Waals surface area contributed by atoms with Gasteiger partial charge >= 0.3 is 0 Å². The minimum atomic E-state index is -0.0558. The van der Waals surface area contributed by atoms with Crippen LogP contribution in [0.4, 0.5) is 5.69 Å². The van der Waals surface area contributed by atoms with Crippen LogP contribution in [0.5, 0.6) is 0 Å². The Morgan fingerprint density at radius 2 is 2.38 bits per heavy atom. The third-order valence-electron chi connectivity index (χ3n) is 2.17. The molecule has 0 aliphatic carbocycles. The molecule has 0 fully saturated rings. The number of rotatable bonds is 3. The van der Waals surface area contributed by atoms with Gasteiger partial charge in [-0.25, -0.2) is 4.98 Å². The zero-order chi connectivity index (χ0) is 11.4. The molecule has 1 heterocycles. The fourth-order valence-electron chi connectivity index (χ4n) is 1.54. The highest BCUT2D eigenvalue weighted by Crippen LogP contribution is 2.11. The molecule has 2 rings (SSSR count). The molecule has 1 aromatic heterocycles. The fourth-order valence-corrected chi connectivity index (χ4v) is 1.54. The molecule has 0 bridgehead atoms. The lowest BCUT2D eigenvalue weighted by molar-refractivity contribution is -0.114. The van der Waals surface area contributed by atoms with E-state index in [1.54, 1.807) is 12.5 Å². The summed E-state index contributed by atoms with van der Waals surface area (Å²) in [5, 5.41) is 2.76. The van der Waals surface area contributed by atoms with Gasteiger partial charge in [0.2, 0.25) is 5.91 Å². The highest BCUT2D eigenvalue weighted by atomic mass is 16.1. The maximum absolute atomic E-state index is 10.9. The summed E-state index contributed by atoms with van der Waals surface area (Å²) in [6.07, 6.45) is 5.42. The Labute approximate surface area is 93.9 Å². The van der Waals surface area contributed by atoms with Gasteiger partial charge in [0.05, 0.1) is 6.33 Å². The molecule has 0 aliphatic rings. The van der Waals surface area contributed by atoms with Crippen molar-refractivity contribution < 1.29 is 4.79 Å². The molecule has 0 saturated heterocycles. The maximum atomic E-state index is 10.9. The van der Waals surface area contributed by atoms with E-state index in [1.165, 1.54) is 6.92 Å². The second-order valence-electron chi connectivity index (χ2n) is 3.62. The van der Waals surface area contributed by atoms with Gasteiger partial charge in [0.1, 0.15) is 0 Å². The summed E-state index contributed by atoms with van der Waals surface area (Å²) in [4.78, 5) is 14.9. The minimum Gasteiger partial charge on any atom is -0.333 e. The highest BCUT2D eigenvalue weighted by Gasteiger charge is 1.98. The van der Waals surface area contributed by atoms with E-state index in [4.69, 9.17) is 0 Å². The molecule has 2 aromatic rings. The smallest absolute Gasteiger partial charge is 0.221 e. The van der Waals surface area contributed by atoms with E-state index < -0.39 is 0 Å². The largest absolute Gasteiger partial charge is 0.333 e. The van der Waals surface area contributed by atoms with Crippen LogP contribution in [0.25, 0.3) is 0 Å². The van der Waals surface area contributed by atoms with Gasteiger partial charge in [0.25, 0.3) is 0 Å². The number of carbonyl (C=O) groups is 1. The first-order chi connectivity index (χ1) is 7.74. The van der Waals surface area contributed by atoms with E-state index >= 15 is 0 Å². The van der Waals surface area contributed by atoms with Crippen LogP contribution in [-0.2, 0) is 11.3 Å². The number of hydrogen-bond acceptors (Lipinski definition) is 2. The predicted molar refractivity (Wildman–Crippen MR) is 62.1 cm³/mol. The molecule has 0 spiro atoms. The van der Waals surface area contributed by atoms with Crippen molar-refractivity contribution in [2.75, 3.05) is 5.32 Å². The molecule has 1 amide bonds. The van der Waals surface area contributed by atoms with E-state index in [2.05, 4.69) is 10.3 Å². The van der Waals surface area contributed by atoms with Gasteiger partial charge in [-0.1, -0.05) is 12.1 Å². The monoisotopic (exact) mass is 215 g/mol. The predicted octanol–water partition coefficient (Wildman–Crippen LogP) is 1.89. The first-order valence-corrected chi connectivity index (χ1v) is 5.06. The maximum Gasteiger partial charge on any atom is 0.221 e. The number of anilines is 1. The van der Waals surface area contributed by atoms with Crippen molar-refractivity contribution in [3.05, 3.63) is 48.5 Å². The highest BCUT2D eigenvalue weighted by molar-refractivity contribution is 5.88. The zero-order valence-electron chi connectivity index (χ0n) is 9.05. The summed E-state index contributed by atoms with van der Waals surface area (Å²) in [5.74, 6) is -0.0558. The van der Waals surface area contributed by atoms with Crippen LogP contribution in [0.2, 0.25) is 0 Å². The average Bonchev–Trinajstić information content (AvgIpc) is 2.70. The van der Waals surface area contributed by atoms with E-state index in [0.717, 1.165) is 17.8 Å². The van der Waals surface area contributed by atoms with E-state index in [0.29, 0.717) is 0 Å². The Morgan fingerprint density at radius 3 is 3.06 bits per heavy atom. The van der Waals surface area contributed by atoms with Crippen molar-refractivity contribution in [1.82, 2.24) is 9.55 Å². The molecule has 0 radical (unpaired) electrons. The SMILES string of the molecule is CC(=O)Nc1cccc(Cn2ccnc2)c1. The summed E-state index contributed by atoms with van der Waals surface area (Å²) in [5.41, 5.74) is 1.95. The molecule has 1 N–H and O–H groups in total. The molecule has 0 saturated carbocycles. The molecule has 0 aliphatic heterocycles. The number of nitrogens with one attached hydrogen (secondary N) is 1. The number of imidazole rings is 1. The van der Waals surface area contributed by atoms with Gasteiger partial charge in [-0.05, 0) is 17.7 Å². The van der Waals surface area contributed by atoms with Gasteiger partial charge in [-0.2, -0.15) is 0 Å². The first kappa shape index (κ1) is 10.4. The Morgan fingerprint density at radius 1 is 1.50 bits per heavy atom. The quantitative estimate of drug-likeness (QED) is 0.849. The number of amides is 1. The number of aromatic nitrogens is 2. The summed E-state index contributed by atoms with van der Waals surface area (Å²) >= 11 is 0. The lowest BCUT2D eigenvalue weighted by Crippen LogP contribution is -2.06. The van der Waals surface area contributed by atoms with Crippen LogP contribution in [0.3, 0.4) is 0 Å². The van der Waals surface area contributed by atoms with E-state index in [1.807, 2.05) is 35.0 Å². The van der Waals surface area contributed by atoms with Crippen molar-refractivity contribution in [1.29, 1.82) is 0 Å². The standard InChI is InChI=1S/C12H13N3O/c1-10(16)14-12-4-2-3-11(7-12)8-15-6-5-13-9-15/h2-7,9H,8H2,1H3,(H,14,16). The third-order valence-corrected chi connectivity index (χ3v) is 2.17. The van der Waals surface area contributed by atoms with Crippen LogP contribution < -0.4 is 5.32 Å². The number of carbonyl (C=O) groups excluding carboxylic acids is 1. The number of hydrogen-bond donors (Lipinski definition) is 1. The first-order valence-electron chi connectivity index (χ1n) is 5.06. The zero-order valence-corrected chi connectivity index (χ0v) is 9.05. The molecular weight excluding hydrogens is 202 g/mol. The molecule has 4 heteroatoms. The lowest BCUT2D eigenvalue weighted by atomic mass is 10.2. The van der Waals surface area contributed by atoms with Gasteiger partial charge < -0.3 is 9.88 Å². The van der Waals surface area contributed by atoms with Crippen LogP contribution >= 0.6 is 0 Å². The minimum absolute atomic E-state index is 0.0558. The Balaban J connectivity index is 2.13. The van der Waals surface area contributed by atoms with Crippen molar-refractivity contribution >= 4 is 11.6 Å². The summed E-state index contributed by atoms with van der Waals surface area (Å²) in [6.45, 7) is 2.26. The van der Waals surface area contributed by atoms with Crippen LogP contribution in [0.15, 0.2) is 43.0 Å². The number of benzene rings is 1. The van der Waals surface area contributed by atoms with Gasteiger partial charge in [-0.3, -0.25) is 4.79 Å². The Kier molecular flexibility index (Phi) is 3.00. The second-order valence-corrected chi connectivity index (χ2v) is 3.62. The van der Waals surface area contributed by atoms with Crippen LogP contribution in [0, 0.1) is 0 Å². The van der Waals surface area contributed by atoms with Gasteiger partial charge in [0.15, 0.2) is 0 Å². The molecule has 4 nitrogen and oxygen atoms in total.